The Bertz CT molecular complexity index is 1150. The minimum Gasteiger partial charge on any atom is -0.478 e. The molecule has 1 aliphatic rings. The molecule has 0 bridgehead atoms. The smallest absolute Gasteiger partial charge is 0.328 e. The average molecular weight is 453 g/mol. The molecule has 0 radical (unpaired) electrons. The molecule has 3 aromatic carbocycles. The van der Waals surface area contributed by atoms with Crippen LogP contribution in [0.5, 0.6) is 0 Å². The van der Waals surface area contributed by atoms with E-state index in [9.17, 15) is 4.79 Å². The molecule has 0 atom stereocenters. The number of carboxylic acid groups (broad SMARTS) is 1. The van der Waals surface area contributed by atoms with Crippen molar-refractivity contribution in [2.75, 3.05) is 38.1 Å². The summed E-state index contributed by atoms with van der Waals surface area (Å²) in [5.74, 6) is -0.942. The molecule has 1 saturated heterocycles. The molecule has 4 nitrogen and oxygen atoms in total. The highest BCUT2D eigenvalue weighted by atomic mass is 16.4. The fourth-order valence-corrected chi connectivity index (χ4v) is 4.51. The Balaban J connectivity index is 1.74. The molecule has 0 spiro atoms. The summed E-state index contributed by atoms with van der Waals surface area (Å²) in [6.07, 6.45) is 3.70. The Morgan fingerprint density at radius 3 is 1.97 bits per heavy atom. The Morgan fingerprint density at radius 2 is 1.41 bits per heavy atom. The molecule has 4 heteroatoms. The number of allylic oxidation sites excluding steroid dienone is 1. The van der Waals surface area contributed by atoms with Gasteiger partial charge in [-0.15, -0.1) is 0 Å². The van der Waals surface area contributed by atoms with Crippen LogP contribution in [0.15, 0.2) is 84.9 Å². The highest BCUT2D eigenvalue weighted by Gasteiger charge is 2.16. The van der Waals surface area contributed by atoms with Gasteiger partial charge in [0.2, 0.25) is 0 Å². The van der Waals surface area contributed by atoms with Crippen molar-refractivity contribution in [1.29, 1.82) is 0 Å². The van der Waals surface area contributed by atoms with E-state index in [-0.39, 0.29) is 0 Å². The summed E-state index contributed by atoms with van der Waals surface area (Å²) < 4.78 is 0. The Labute approximate surface area is 202 Å². The van der Waals surface area contributed by atoms with Crippen molar-refractivity contribution in [2.45, 2.75) is 13.3 Å². The van der Waals surface area contributed by atoms with E-state index in [4.69, 9.17) is 5.11 Å². The van der Waals surface area contributed by atoms with Crippen molar-refractivity contribution < 1.29 is 9.90 Å². The lowest BCUT2D eigenvalue weighted by atomic mass is 9.88. The second-order valence-electron chi connectivity index (χ2n) is 8.70. The number of carboxylic acids is 1. The van der Waals surface area contributed by atoms with Gasteiger partial charge >= 0.3 is 5.97 Å². The quantitative estimate of drug-likeness (QED) is 0.358. The van der Waals surface area contributed by atoms with Gasteiger partial charge in [-0.1, -0.05) is 73.7 Å². The number of benzene rings is 3. The van der Waals surface area contributed by atoms with Crippen LogP contribution in [0.1, 0.15) is 35.6 Å². The summed E-state index contributed by atoms with van der Waals surface area (Å²) >= 11 is 0. The number of likely N-dealkylation sites (N-methyl/N-ethyl adjacent to an activating group) is 1. The molecule has 4 rings (SSSR count). The first-order valence-corrected chi connectivity index (χ1v) is 11.9. The number of piperazine rings is 1. The van der Waals surface area contributed by atoms with Gasteiger partial charge in [0.15, 0.2) is 0 Å². The van der Waals surface area contributed by atoms with Gasteiger partial charge in [-0.3, -0.25) is 0 Å². The first-order chi connectivity index (χ1) is 16.5. The number of rotatable bonds is 7. The van der Waals surface area contributed by atoms with Crippen molar-refractivity contribution >= 4 is 28.9 Å². The first kappa shape index (κ1) is 23.5. The maximum absolute atomic E-state index is 10.9. The van der Waals surface area contributed by atoms with Crippen LogP contribution in [0, 0.1) is 0 Å². The van der Waals surface area contributed by atoms with Crippen LogP contribution >= 0.6 is 0 Å². The zero-order valence-electron chi connectivity index (χ0n) is 19.9. The highest BCUT2D eigenvalue weighted by molar-refractivity contribution is 5.99. The predicted molar refractivity (Wildman–Crippen MR) is 142 cm³/mol. The van der Waals surface area contributed by atoms with Crippen molar-refractivity contribution in [3.63, 3.8) is 0 Å². The average Bonchev–Trinajstić information content (AvgIpc) is 2.87. The standard InChI is InChI=1S/C30H32N2O2/c1-3-28(24-7-5-4-6-8-24)30(25-12-9-23(10-13-25)11-18-29(33)34)26-14-16-27(17-15-26)32-21-19-31(2)20-22-32/h4-18H,3,19-22H2,1-2H3,(H,33,34). The second kappa shape index (κ2) is 11.0. The summed E-state index contributed by atoms with van der Waals surface area (Å²) in [7, 11) is 2.18. The maximum atomic E-state index is 10.9. The number of aliphatic carboxylic acids is 1. The van der Waals surface area contributed by atoms with Gasteiger partial charge < -0.3 is 14.9 Å². The normalized spacial score (nSPS) is 15.4. The van der Waals surface area contributed by atoms with Crippen molar-refractivity contribution in [2.24, 2.45) is 0 Å². The topological polar surface area (TPSA) is 43.8 Å². The fraction of sp³-hybridized carbons (Fsp3) is 0.233. The molecule has 0 aromatic heterocycles. The molecule has 1 aliphatic heterocycles. The van der Waals surface area contributed by atoms with Gasteiger partial charge in [-0.05, 0) is 65.1 Å². The Hall–Kier alpha value is -3.63. The van der Waals surface area contributed by atoms with Crippen LogP contribution in [0.25, 0.3) is 17.2 Å². The lowest BCUT2D eigenvalue weighted by Gasteiger charge is -2.34. The Morgan fingerprint density at radius 1 is 0.824 bits per heavy atom. The van der Waals surface area contributed by atoms with E-state index >= 15 is 0 Å². The van der Waals surface area contributed by atoms with Gasteiger partial charge in [0.25, 0.3) is 0 Å². The third kappa shape index (κ3) is 5.64. The van der Waals surface area contributed by atoms with E-state index in [1.807, 2.05) is 18.2 Å². The Kier molecular flexibility index (Phi) is 7.61. The molecule has 34 heavy (non-hydrogen) atoms. The molecular weight excluding hydrogens is 420 g/mol. The lowest BCUT2D eigenvalue weighted by Crippen LogP contribution is -2.44. The zero-order valence-corrected chi connectivity index (χ0v) is 19.9. The van der Waals surface area contributed by atoms with E-state index in [1.165, 1.54) is 34.0 Å². The molecule has 3 aromatic rings. The molecule has 1 N–H and O–H groups in total. The van der Waals surface area contributed by atoms with Crippen molar-refractivity contribution in [1.82, 2.24) is 4.90 Å². The van der Waals surface area contributed by atoms with Crippen LogP contribution < -0.4 is 4.90 Å². The molecule has 0 amide bonds. The fourth-order valence-electron chi connectivity index (χ4n) is 4.51. The summed E-state index contributed by atoms with van der Waals surface area (Å²) in [5.41, 5.74) is 8.18. The number of nitrogens with zero attached hydrogens (tertiary/aromatic N) is 2. The summed E-state index contributed by atoms with van der Waals surface area (Å²) in [6.45, 7) is 6.47. The molecule has 1 fully saturated rings. The van der Waals surface area contributed by atoms with Crippen molar-refractivity contribution in [3.8, 4) is 0 Å². The minimum atomic E-state index is -0.942. The second-order valence-corrected chi connectivity index (χ2v) is 8.70. The van der Waals surface area contributed by atoms with E-state index in [1.54, 1.807) is 6.08 Å². The third-order valence-electron chi connectivity index (χ3n) is 6.42. The van der Waals surface area contributed by atoms with Crippen LogP contribution in [0.2, 0.25) is 0 Å². The molecule has 0 saturated carbocycles. The van der Waals surface area contributed by atoms with Gasteiger partial charge in [-0.2, -0.15) is 0 Å². The molecule has 174 valence electrons. The minimum absolute atomic E-state index is 0.869. The largest absolute Gasteiger partial charge is 0.478 e. The third-order valence-corrected chi connectivity index (χ3v) is 6.42. The van der Waals surface area contributed by atoms with Crippen LogP contribution in [-0.2, 0) is 4.79 Å². The van der Waals surface area contributed by atoms with Gasteiger partial charge in [0, 0.05) is 37.9 Å². The highest BCUT2D eigenvalue weighted by Crippen LogP contribution is 2.35. The molecular formula is C30H32N2O2. The van der Waals surface area contributed by atoms with Crippen LogP contribution in [0.3, 0.4) is 0 Å². The van der Waals surface area contributed by atoms with E-state index in [2.05, 4.69) is 84.4 Å². The van der Waals surface area contributed by atoms with Gasteiger partial charge in [0.1, 0.15) is 0 Å². The SMILES string of the molecule is CCC(=C(c1ccc(C=CC(=O)O)cc1)c1ccc(N2CCN(C)CC2)cc1)c1ccccc1. The molecule has 1 heterocycles. The maximum Gasteiger partial charge on any atom is 0.328 e. The number of hydrogen-bond donors (Lipinski definition) is 1. The number of carbonyl (C=O) groups is 1. The molecule has 0 unspecified atom stereocenters. The first-order valence-electron chi connectivity index (χ1n) is 11.9. The number of hydrogen-bond acceptors (Lipinski definition) is 3. The van der Waals surface area contributed by atoms with Gasteiger partial charge in [-0.25, -0.2) is 4.79 Å². The monoisotopic (exact) mass is 452 g/mol. The lowest BCUT2D eigenvalue weighted by molar-refractivity contribution is -0.131. The summed E-state index contributed by atoms with van der Waals surface area (Å²) in [4.78, 5) is 15.7. The van der Waals surface area contributed by atoms with E-state index < -0.39 is 5.97 Å². The summed E-state index contributed by atoms with van der Waals surface area (Å²) in [5, 5.41) is 8.93. The summed E-state index contributed by atoms with van der Waals surface area (Å²) in [6, 6.07) is 27.6. The van der Waals surface area contributed by atoms with Crippen LogP contribution in [0.4, 0.5) is 5.69 Å². The number of anilines is 1. The van der Waals surface area contributed by atoms with E-state index in [0.29, 0.717) is 0 Å². The zero-order chi connectivity index (χ0) is 23.9. The van der Waals surface area contributed by atoms with Crippen LogP contribution in [-0.4, -0.2) is 49.2 Å². The molecule has 0 aliphatic carbocycles. The van der Waals surface area contributed by atoms with Crippen molar-refractivity contribution in [3.05, 3.63) is 107 Å². The van der Waals surface area contributed by atoms with E-state index in [0.717, 1.165) is 43.7 Å². The predicted octanol–water partition coefficient (Wildman–Crippen LogP) is 5.91. The van der Waals surface area contributed by atoms with Gasteiger partial charge in [0.05, 0.1) is 0 Å².